The number of hydrogen-bond donors (Lipinski definition) is 3. The van der Waals surface area contributed by atoms with Gasteiger partial charge in [-0.15, -0.1) is 10.2 Å². The molecular formula is C20H24F5N5O. The van der Waals surface area contributed by atoms with Crippen molar-refractivity contribution in [3.63, 3.8) is 0 Å². The van der Waals surface area contributed by atoms with Gasteiger partial charge in [0.25, 0.3) is 5.92 Å². The van der Waals surface area contributed by atoms with Crippen molar-refractivity contribution in [3.05, 3.63) is 35.4 Å². The number of phenolic OH excluding ortho intramolecular Hbond substituents is 1. The van der Waals surface area contributed by atoms with Crippen LogP contribution in [0.2, 0.25) is 0 Å². The van der Waals surface area contributed by atoms with Crippen LogP contribution >= 0.6 is 0 Å². The number of nitrogens with two attached hydrogens (primary N) is 1. The summed E-state index contributed by atoms with van der Waals surface area (Å²) in [5.74, 6) is -3.06. The number of anilines is 1. The van der Waals surface area contributed by atoms with E-state index in [4.69, 9.17) is 5.73 Å². The highest BCUT2D eigenvalue weighted by Gasteiger charge is 2.33. The van der Waals surface area contributed by atoms with E-state index in [1.54, 1.807) is 17.9 Å². The Morgan fingerprint density at radius 2 is 1.94 bits per heavy atom. The van der Waals surface area contributed by atoms with E-state index >= 15 is 0 Å². The van der Waals surface area contributed by atoms with Crippen LogP contribution in [0.4, 0.5) is 27.8 Å². The highest BCUT2D eigenvalue weighted by molar-refractivity contribution is 5.70. The van der Waals surface area contributed by atoms with Crippen molar-refractivity contribution in [2.75, 3.05) is 31.5 Å². The summed E-state index contributed by atoms with van der Waals surface area (Å²) in [4.78, 5) is 1.66. The molecule has 1 fully saturated rings. The maximum Gasteiger partial charge on any atom is 0.416 e. The van der Waals surface area contributed by atoms with E-state index in [9.17, 15) is 27.1 Å². The van der Waals surface area contributed by atoms with Crippen LogP contribution in [0.25, 0.3) is 11.3 Å². The first kappa shape index (κ1) is 23.1. The maximum absolute atomic E-state index is 13.6. The minimum Gasteiger partial charge on any atom is -0.507 e. The predicted octanol–water partition coefficient (Wildman–Crippen LogP) is 3.65. The lowest BCUT2D eigenvalue weighted by atomic mass is 10.0. The third-order valence-corrected chi connectivity index (χ3v) is 5.18. The zero-order chi connectivity index (χ0) is 22.8. The number of aromatic nitrogens is 2. The quantitative estimate of drug-likeness (QED) is 0.589. The molecule has 4 N–H and O–H groups in total. The molecule has 2 aromatic rings. The standard InChI is InChI=1S/C20H24F5N5O/c1-12-7-17(27-14-3-2-6-30(9-14)11-19(21,22)10-26)28-29-18(12)15-5-4-13(8-16(15)31)20(23,24)25/h4-5,7-8,14,31H,2-3,6,9-11,26H2,1H3,(H,27,28)/t14-/m1/s1. The summed E-state index contributed by atoms with van der Waals surface area (Å²) in [6.45, 7) is 1.55. The van der Waals surface area contributed by atoms with Crippen LogP contribution in [0, 0.1) is 6.92 Å². The molecule has 170 valence electrons. The number of nitrogens with zero attached hydrogens (tertiary/aromatic N) is 3. The van der Waals surface area contributed by atoms with Gasteiger partial charge < -0.3 is 16.2 Å². The lowest BCUT2D eigenvalue weighted by Gasteiger charge is -2.35. The molecule has 0 spiro atoms. The summed E-state index contributed by atoms with van der Waals surface area (Å²) < 4.78 is 65.6. The largest absolute Gasteiger partial charge is 0.507 e. The average Bonchev–Trinajstić information content (AvgIpc) is 2.68. The van der Waals surface area contributed by atoms with Gasteiger partial charge in [-0.25, -0.2) is 8.78 Å². The fourth-order valence-electron chi connectivity index (χ4n) is 3.65. The lowest BCUT2D eigenvalue weighted by molar-refractivity contribution is -0.137. The van der Waals surface area contributed by atoms with Crippen molar-refractivity contribution in [3.8, 4) is 17.0 Å². The molecular weight excluding hydrogens is 421 g/mol. The third kappa shape index (κ3) is 5.79. The Bertz CT molecular complexity index is 921. The van der Waals surface area contributed by atoms with Crippen LogP contribution in [0.5, 0.6) is 5.75 Å². The average molecular weight is 445 g/mol. The van der Waals surface area contributed by atoms with E-state index in [1.165, 1.54) is 0 Å². The first-order valence-electron chi connectivity index (χ1n) is 9.80. The number of hydrogen-bond acceptors (Lipinski definition) is 6. The van der Waals surface area contributed by atoms with Gasteiger partial charge in [-0.2, -0.15) is 13.2 Å². The van der Waals surface area contributed by atoms with Crippen LogP contribution in [-0.2, 0) is 6.18 Å². The van der Waals surface area contributed by atoms with E-state index < -0.39 is 36.5 Å². The summed E-state index contributed by atoms with van der Waals surface area (Å²) >= 11 is 0. The lowest BCUT2D eigenvalue weighted by Crippen LogP contribution is -2.48. The van der Waals surface area contributed by atoms with Crippen LogP contribution in [0.1, 0.15) is 24.0 Å². The smallest absolute Gasteiger partial charge is 0.416 e. The Hall–Kier alpha value is -2.53. The SMILES string of the molecule is Cc1cc(N[C@@H]2CCCN(CC(F)(F)CN)C2)nnc1-c1ccc(C(F)(F)F)cc1O. The van der Waals surface area contributed by atoms with Gasteiger partial charge in [0.1, 0.15) is 11.6 Å². The number of aryl methyl sites for hydroxylation is 1. The van der Waals surface area contributed by atoms with E-state index in [2.05, 4.69) is 15.5 Å². The van der Waals surface area contributed by atoms with Gasteiger partial charge in [0, 0.05) is 18.2 Å². The van der Waals surface area contributed by atoms with Crippen molar-refractivity contribution in [2.24, 2.45) is 5.73 Å². The second-order valence-corrected chi connectivity index (χ2v) is 7.77. The number of phenols is 1. The monoisotopic (exact) mass is 445 g/mol. The fourth-order valence-corrected chi connectivity index (χ4v) is 3.65. The number of halogens is 5. The molecule has 1 atom stereocenters. The van der Waals surface area contributed by atoms with Gasteiger partial charge in [0.15, 0.2) is 0 Å². The van der Waals surface area contributed by atoms with Crippen molar-refractivity contribution in [2.45, 2.75) is 37.9 Å². The molecule has 6 nitrogen and oxygen atoms in total. The Morgan fingerprint density at radius 1 is 1.19 bits per heavy atom. The molecule has 1 aliphatic rings. The van der Waals surface area contributed by atoms with Crippen LogP contribution in [0.3, 0.4) is 0 Å². The van der Waals surface area contributed by atoms with Gasteiger partial charge >= 0.3 is 6.18 Å². The van der Waals surface area contributed by atoms with E-state index in [0.29, 0.717) is 30.5 Å². The molecule has 0 aliphatic carbocycles. The van der Waals surface area contributed by atoms with Crippen LogP contribution in [-0.4, -0.2) is 58.3 Å². The minimum atomic E-state index is -4.56. The van der Waals surface area contributed by atoms with Gasteiger partial charge in [-0.1, -0.05) is 0 Å². The number of alkyl halides is 5. The van der Waals surface area contributed by atoms with Crippen molar-refractivity contribution in [1.29, 1.82) is 0 Å². The second kappa shape index (κ2) is 8.91. The molecule has 0 radical (unpaired) electrons. The summed E-state index contributed by atoms with van der Waals surface area (Å²) in [7, 11) is 0. The molecule has 0 bridgehead atoms. The molecule has 0 amide bonds. The van der Waals surface area contributed by atoms with Crippen molar-refractivity contribution < 1.29 is 27.1 Å². The number of likely N-dealkylation sites (tertiary alicyclic amines) is 1. The Kier molecular flexibility index (Phi) is 6.65. The molecule has 1 saturated heterocycles. The maximum atomic E-state index is 13.6. The normalized spacial score (nSPS) is 18.2. The first-order chi connectivity index (χ1) is 14.5. The Labute approximate surface area is 176 Å². The summed E-state index contributed by atoms with van der Waals surface area (Å²) in [6.07, 6.45) is -3.05. The van der Waals surface area contributed by atoms with E-state index in [0.717, 1.165) is 25.0 Å². The van der Waals surface area contributed by atoms with Gasteiger partial charge in [0.2, 0.25) is 0 Å². The molecule has 1 aliphatic heterocycles. The molecule has 31 heavy (non-hydrogen) atoms. The Balaban J connectivity index is 1.71. The molecule has 0 unspecified atom stereocenters. The van der Waals surface area contributed by atoms with Crippen molar-refractivity contribution in [1.82, 2.24) is 15.1 Å². The van der Waals surface area contributed by atoms with E-state index in [-0.39, 0.29) is 17.3 Å². The zero-order valence-corrected chi connectivity index (χ0v) is 16.9. The van der Waals surface area contributed by atoms with E-state index in [1.807, 2.05) is 0 Å². The van der Waals surface area contributed by atoms with Crippen LogP contribution in [0.15, 0.2) is 24.3 Å². The topological polar surface area (TPSA) is 87.3 Å². The summed E-state index contributed by atoms with van der Waals surface area (Å²) in [5.41, 5.74) is 5.14. The highest BCUT2D eigenvalue weighted by Crippen LogP contribution is 2.36. The van der Waals surface area contributed by atoms with Crippen molar-refractivity contribution >= 4 is 5.82 Å². The number of aromatic hydroxyl groups is 1. The van der Waals surface area contributed by atoms with Gasteiger partial charge in [-0.3, -0.25) is 4.90 Å². The predicted molar refractivity (Wildman–Crippen MR) is 106 cm³/mol. The number of benzene rings is 1. The zero-order valence-electron chi connectivity index (χ0n) is 16.9. The fraction of sp³-hybridized carbons (Fsp3) is 0.500. The van der Waals surface area contributed by atoms with Crippen LogP contribution < -0.4 is 11.1 Å². The van der Waals surface area contributed by atoms with Gasteiger partial charge in [0.05, 0.1) is 24.3 Å². The molecule has 0 saturated carbocycles. The highest BCUT2D eigenvalue weighted by atomic mass is 19.4. The summed E-state index contributed by atoms with van der Waals surface area (Å²) in [5, 5.41) is 21.3. The minimum absolute atomic E-state index is 0.110. The number of piperidine rings is 1. The molecule has 1 aromatic heterocycles. The molecule has 2 heterocycles. The summed E-state index contributed by atoms with van der Waals surface area (Å²) in [6, 6.07) is 4.22. The second-order valence-electron chi connectivity index (χ2n) is 7.77. The first-order valence-corrected chi connectivity index (χ1v) is 9.80. The number of rotatable bonds is 6. The molecule has 1 aromatic carbocycles. The molecule has 11 heteroatoms. The molecule has 3 rings (SSSR count). The third-order valence-electron chi connectivity index (χ3n) is 5.18. The Morgan fingerprint density at radius 3 is 2.55 bits per heavy atom. The number of nitrogens with one attached hydrogen (secondary N) is 1. The van der Waals surface area contributed by atoms with Gasteiger partial charge in [-0.05, 0) is 56.1 Å².